The summed E-state index contributed by atoms with van der Waals surface area (Å²) in [6, 6.07) is 18.9. The van der Waals surface area contributed by atoms with Gasteiger partial charge in [0, 0.05) is 16.1 Å². The summed E-state index contributed by atoms with van der Waals surface area (Å²) in [6.45, 7) is 3.20. The van der Waals surface area contributed by atoms with E-state index in [9.17, 15) is 0 Å². The summed E-state index contributed by atoms with van der Waals surface area (Å²) in [4.78, 5) is 0. The van der Waals surface area contributed by atoms with Crippen LogP contribution in [0.2, 0.25) is 10.0 Å². The lowest BCUT2D eigenvalue weighted by Gasteiger charge is -2.15. The van der Waals surface area contributed by atoms with E-state index in [1.54, 1.807) is 19.4 Å². The minimum absolute atomic E-state index is 0.285. The highest BCUT2D eigenvalue weighted by Gasteiger charge is 2.13. The summed E-state index contributed by atoms with van der Waals surface area (Å²) in [6.07, 6.45) is 1.68. The average molecular weight is 459 g/mol. The summed E-state index contributed by atoms with van der Waals surface area (Å²) >= 11 is 12.7. The van der Waals surface area contributed by atoms with Crippen LogP contribution in [0, 0.1) is 0 Å². The second kappa shape index (κ2) is 11.5. The molecule has 0 amide bonds. The Labute approximate surface area is 192 Å². The van der Waals surface area contributed by atoms with Gasteiger partial charge in [-0.05, 0) is 36.8 Å². The van der Waals surface area contributed by atoms with Crippen LogP contribution in [0.15, 0.2) is 65.8 Å². The highest BCUT2D eigenvalue weighted by Crippen LogP contribution is 2.37. The molecule has 0 atom stereocenters. The lowest BCUT2D eigenvalue weighted by molar-refractivity contribution is 0.269. The highest BCUT2D eigenvalue weighted by atomic mass is 35.5. The number of para-hydroxylation sites is 1. The van der Waals surface area contributed by atoms with E-state index in [0.717, 1.165) is 22.4 Å². The molecule has 3 aromatic carbocycles. The fraction of sp³-hybridized carbons (Fsp3) is 0.208. The van der Waals surface area contributed by atoms with E-state index in [4.69, 9.17) is 37.4 Å². The number of ether oxygens (including phenoxy) is 3. The van der Waals surface area contributed by atoms with Crippen molar-refractivity contribution < 1.29 is 14.2 Å². The minimum Gasteiger partial charge on any atom is -0.496 e. The normalized spacial score (nSPS) is 10.8. The molecule has 31 heavy (non-hydrogen) atoms. The third-order valence-corrected chi connectivity index (χ3v) is 5.08. The second-order valence-electron chi connectivity index (χ2n) is 6.55. The van der Waals surface area contributed by atoms with Crippen LogP contribution < -0.4 is 19.6 Å². The van der Waals surface area contributed by atoms with Gasteiger partial charge in [0.1, 0.15) is 12.4 Å². The fourth-order valence-corrected chi connectivity index (χ4v) is 3.39. The third-order valence-electron chi connectivity index (χ3n) is 4.43. The van der Waals surface area contributed by atoms with Crippen molar-refractivity contribution in [1.82, 2.24) is 5.43 Å². The Balaban J connectivity index is 1.70. The maximum atomic E-state index is 6.49. The molecule has 3 aromatic rings. The number of halogens is 2. The third kappa shape index (κ3) is 6.29. The molecule has 5 nitrogen and oxygen atoms in total. The highest BCUT2D eigenvalue weighted by molar-refractivity contribution is 6.32. The summed E-state index contributed by atoms with van der Waals surface area (Å²) in [5.41, 5.74) is 5.69. The van der Waals surface area contributed by atoms with Crippen molar-refractivity contribution in [2.24, 2.45) is 5.10 Å². The summed E-state index contributed by atoms with van der Waals surface area (Å²) in [5, 5.41) is 5.36. The Morgan fingerprint density at radius 1 is 0.903 bits per heavy atom. The van der Waals surface area contributed by atoms with E-state index in [0.29, 0.717) is 34.7 Å². The molecule has 162 valence electrons. The van der Waals surface area contributed by atoms with Crippen LogP contribution in [0.5, 0.6) is 17.2 Å². The Hall–Kier alpha value is -2.89. The molecule has 0 bridgehead atoms. The van der Waals surface area contributed by atoms with Gasteiger partial charge in [0.05, 0.1) is 31.5 Å². The monoisotopic (exact) mass is 458 g/mol. The van der Waals surface area contributed by atoms with Gasteiger partial charge in [-0.3, -0.25) is 0 Å². The number of rotatable bonds is 10. The molecule has 7 heteroatoms. The van der Waals surface area contributed by atoms with Crippen molar-refractivity contribution >= 4 is 29.4 Å². The van der Waals surface area contributed by atoms with Gasteiger partial charge < -0.3 is 19.6 Å². The van der Waals surface area contributed by atoms with Crippen molar-refractivity contribution in [3.63, 3.8) is 0 Å². The van der Waals surface area contributed by atoms with Crippen LogP contribution in [0.1, 0.15) is 23.6 Å². The second-order valence-corrected chi connectivity index (χ2v) is 7.36. The van der Waals surface area contributed by atoms with Crippen LogP contribution in [0.4, 0.5) is 0 Å². The molecule has 0 saturated carbocycles. The summed E-state index contributed by atoms with van der Waals surface area (Å²) in [5.74, 6) is 1.84. The minimum atomic E-state index is 0.285. The molecule has 0 radical (unpaired) electrons. The molecule has 0 spiro atoms. The quantitative estimate of drug-likeness (QED) is 0.294. The Bertz CT molecular complexity index is 1040. The maximum Gasteiger partial charge on any atom is 0.180 e. The van der Waals surface area contributed by atoms with Gasteiger partial charge in [0.2, 0.25) is 0 Å². The zero-order valence-corrected chi connectivity index (χ0v) is 18.9. The number of benzene rings is 3. The van der Waals surface area contributed by atoms with E-state index in [2.05, 4.69) is 10.5 Å². The van der Waals surface area contributed by atoms with Crippen molar-refractivity contribution in [1.29, 1.82) is 0 Å². The predicted octanol–water partition coefficient (Wildman–Crippen LogP) is 6.10. The maximum absolute atomic E-state index is 6.49. The molecule has 0 heterocycles. The average Bonchev–Trinajstić information content (AvgIpc) is 2.77. The number of hydrazone groups is 1. The molecule has 0 unspecified atom stereocenters. The molecule has 0 aliphatic rings. The molecule has 0 aromatic heterocycles. The van der Waals surface area contributed by atoms with E-state index >= 15 is 0 Å². The number of nitrogens with zero attached hydrogens (tertiary/aromatic N) is 1. The number of hydrogen-bond donors (Lipinski definition) is 1. The fourth-order valence-electron chi connectivity index (χ4n) is 2.93. The van der Waals surface area contributed by atoms with Crippen molar-refractivity contribution in [3.05, 3.63) is 87.4 Å². The van der Waals surface area contributed by atoms with Gasteiger partial charge in [0.25, 0.3) is 0 Å². The first-order chi connectivity index (χ1) is 15.1. The lowest BCUT2D eigenvalue weighted by atomic mass is 10.2. The number of methoxy groups -OCH3 is 1. The lowest BCUT2D eigenvalue weighted by Crippen LogP contribution is -2.07. The molecular weight excluding hydrogens is 435 g/mol. The molecule has 0 aliphatic carbocycles. The van der Waals surface area contributed by atoms with Gasteiger partial charge in [0.15, 0.2) is 11.5 Å². The number of nitrogens with one attached hydrogen (secondary N) is 1. The molecule has 3 rings (SSSR count). The van der Waals surface area contributed by atoms with Crippen molar-refractivity contribution in [2.75, 3.05) is 13.7 Å². The Morgan fingerprint density at radius 3 is 2.39 bits per heavy atom. The zero-order valence-electron chi connectivity index (χ0n) is 17.4. The smallest absolute Gasteiger partial charge is 0.180 e. The van der Waals surface area contributed by atoms with E-state index in [-0.39, 0.29) is 6.61 Å². The Kier molecular flexibility index (Phi) is 8.44. The van der Waals surface area contributed by atoms with Crippen LogP contribution in [-0.2, 0) is 13.2 Å². The molecule has 1 N–H and O–H groups in total. The van der Waals surface area contributed by atoms with Crippen molar-refractivity contribution in [3.8, 4) is 17.2 Å². The van der Waals surface area contributed by atoms with E-state index < -0.39 is 0 Å². The molecule has 0 aliphatic heterocycles. The topological polar surface area (TPSA) is 52.1 Å². The first-order valence-corrected chi connectivity index (χ1v) is 10.6. The van der Waals surface area contributed by atoms with Gasteiger partial charge >= 0.3 is 0 Å². The van der Waals surface area contributed by atoms with Crippen LogP contribution in [0.25, 0.3) is 0 Å². The van der Waals surface area contributed by atoms with E-state index in [1.165, 1.54) is 0 Å². The summed E-state index contributed by atoms with van der Waals surface area (Å²) in [7, 11) is 1.65. The largest absolute Gasteiger partial charge is 0.496 e. The zero-order chi connectivity index (χ0) is 22.1. The Morgan fingerprint density at radius 2 is 1.65 bits per heavy atom. The van der Waals surface area contributed by atoms with Gasteiger partial charge in [-0.1, -0.05) is 59.6 Å². The van der Waals surface area contributed by atoms with Crippen molar-refractivity contribution in [2.45, 2.75) is 20.1 Å². The van der Waals surface area contributed by atoms with E-state index in [1.807, 2.05) is 61.5 Å². The number of hydrogen-bond acceptors (Lipinski definition) is 5. The first-order valence-electron chi connectivity index (χ1n) is 9.82. The summed E-state index contributed by atoms with van der Waals surface area (Å²) < 4.78 is 17.0. The SMILES string of the molecule is CCOc1cc(/C=N/NCc2ccccc2OC)cc(Cl)c1OCc1ccccc1Cl. The standard InChI is InChI=1S/C24H24Cl2N2O3/c1-3-30-23-13-17(14-27-28-15-18-8-5-7-11-22(18)29-2)12-21(26)24(23)31-16-19-9-4-6-10-20(19)25/h4-14,28H,3,15-16H2,1-2H3/b27-14+. The molecule has 0 saturated heterocycles. The van der Waals surface area contributed by atoms with Crippen LogP contribution in [0.3, 0.4) is 0 Å². The van der Waals surface area contributed by atoms with Crippen LogP contribution >= 0.6 is 23.2 Å². The van der Waals surface area contributed by atoms with Gasteiger partial charge in [-0.15, -0.1) is 0 Å². The molecular formula is C24H24Cl2N2O3. The first kappa shape index (κ1) is 22.8. The van der Waals surface area contributed by atoms with Gasteiger partial charge in [-0.2, -0.15) is 5.10 Å². The molecule has 0 fully saturated rings. The van der Waals surface area contributed by atoms with Gasteiger partial charge in [-0.25, -0.2) is 0 Å². The van der Waals surface area contributed by atoms with Crippen LogP contribution in [-0.4, -0.2) is 19.9 Å². The predicted molar refractivity (Wildman–Crippen MR) is 126 cm³/mol.